The number of benzene rings is 7. The summed E-state index contributed by atoms with van der Waals surface area (Å²) in [5, 5.41) is 0. The summed E-state index contributed by atoms with van der Waals surface area (Å²) in [5.41, 5.74) is 21.2. The summed E-state index contributed by atoms with van der Waals surface area (Å²) in [6, 6.07) is 58.2. The van der Waals surface area contributed by atoms with E-state index in [0.29, 0.717) is 0 Å². The Morgan fingerprint density at radius 3 is 0.806 bits per heavy atom. The monoisotopic (exact) mass is 887 g/mol. The SMILES string of the molecule is CCCCCCCCC1(CCCCCCCC)c2cc(C)ccc2-c2ccc(C)cc21.Cc1ccc(N(c2ccc(C)cc2)c2ccc(N(c3ccc(C)cc3)c3ccc(C)cc3)cc2)cc1. The van der Waals surface area contributed by atoms with Gasteiger partial charge in [-0.3, -0.25) is 0 Å². The molecule has 0 amide bonds. The topological polar surface area (TPSA) is 6.48 Å². The zero-order valence-electron chi connectivity index (χ0n) is 42.3. The molecule has 0 saturated heterocycles. The number of nitrogens with zero attached hydrogens (tertiary/aromatic N) is 2. The van der Waals surface area contributed by atoms with E-state index in [1.165, 1.54) is 134 Å². The van der Waals surface area contributed by atoms with E-state index in [0.717, 1.165) is 34.1 Å². The lowest BCUT2D eigenvalue weighted by atomic mass is 9.70. The van der Waals surface area contributed by atoms with Gasteiger partial charge in [-0.15, -0.1) is 0 Å². The average molecular weight is 887 g/mol. The van der Waals surface area contributed by atoms with Crippen molar-refractivity contribution >= 4 is 34.1 Å². The number of hydrogen-bond donors (Lipinski definition) is 0. The summed E-state index contributed by atoms with van der Waals surface area (Å²) in [6.07, 6.45) is 19.2. The molecule has 0 unspecified atom stereocenters. The Hall–Kier alpha value is -5.86. The molecule has 0 heterocycles. The zero-order chi connectivity index (χ0) is 47.2. The number of rotatable bonds is 20. The highest BCUT2D eigenvalue weighted by molar-refractivity contribution is 5.83. The molecule has 348 valence electrons. The van der Waals surface area contributed by atoms with Crippen LogP contribution in [0.5, 0.6) is 0 Å². The van der Waals surface area contributed by atoms with Gasteiger partial charge in [-0.1, -0.05) is 209 Å². The second-order valence-electron chi connectivity index (χ2n) is 19.7. The van der Waals surface area contributed by atoms with Crippen molar-refractivity contribution < 1.29 is 0 Å². The van der Waals surface area contributed by atoms with Gasteiger partial charge >= 0.3 is 0 Å². The van der Waals surface area contributed by atoms with Gasteiger partial charge in [0, 0.05) is 39.5 Å². The highest BCUT2D eigenvalue weighted by Crippen LogP contribution is 2.54. The van der Waals surface area contributed by atoms with Crippen LogP contribution >= 0.6 is 0 Å². The Bertz CT molecular complexity index is 2310. The Morgan fingerprint density at radius 1 is 0.284 bits per heavy atom. The van der Waals surface area contributed by atoms with Gasteiger partial charge < -0.3 is 9.80 Å². The van der Waals surface area contributed by atoms with E-state index < -0.39 is 0 Å². The van der Waals surface area contributed by atoms with Crippen LogP contribution in [-0.4, -0.2) is 0 Å². The number of unbranched alkanes of at least 4 members (excludes halogenated alkanes) is 10. The normalized spacial score (nSPS) is 12.2. The smallest absolute Gasteiger partial charge is 0.0463 e. The average Bonchev–Trinajstić information content (AvgIpc) is 3.59. The fourth-order valence-electron chi connectivity index (χ4n) is 10.2. The zero-order valence-corrected chi connectivity index (χ0v) is 42.3. The molecule has 2 heteroatoms. The first kappa shape index (κ1) is 49.1. The molecule has 1 aliphatic rings. The third-order valence-electron chi connectivity index (χ3n) is 14.1. The van der Waals surface area contributed by atoms with Gasteiger partial charge in [-0.05, 0) is 149 Å². The van der Waals surface area contributed by atoms with Crippen LogP contribution in [0.4, 0.5) is 34.1 Å². The van der Waals surface area contributed by atoms with Crippen LogP contribution in [0.1, 0.15) is 148 Å². The summed E-state index contributed by atoms with van der Waals surface area (Å²) in [4.78, 5) is 4.62. The van der Waals surface area contributed by atoms with Gasteiger partial charge in [0.25, 0.3) is 0 Å². The molecule has 0 fully saturated rings. The molecule has 2 nitrogen and oxygen atoms in total. The van der Waals surface area contributed by atoms with E-state index in [2.05, 4.69) is 223 Å². The highest BCUT2D eigenvalue weighted by Gasteiger charge is 2.42. The van der Waals surface area contributed by atoms with Crippen LogP contribution in [0.25, 0.3) is 11.1 Å². The molecule has 0 aromatic heterocycles. The quantitative estimate of drug-likeness (QED) is 0.0704. The Labute approximate surface area is 406 Å². The molecule has 0 saturated carbocycles. The van der Waals surface area contributed by atoms with Gasteiger partial charge in [0.05, 0.1) is 0 Å². The van der Waals surface area contributed by atoms with Crippen molar-refractivity contribution in [3.63, 3.8) is 0 Å². The number of hydrogen-bond acceptors (Lipinski definition) is 2. The van der Waals surface area contributed by atoms with Gasteiger partial charge in [-0.2, -0.15) is 0 Å². The first-order valence-corrected chi connectivity index (χ1v) is 25.8. The van der Waals surface area contributed by atoms with E-state index >= 15 is 0 Å². The second kappa shape index (κ2) is 23.7. The third kappa shape index (κ3) is 12.4. The van der Waals surface area contributed by atoms with Gasteiger partial charge in [0.15, 0.2) is 0 Å². The minimum absolute atomic E-state index is 0.234. The van der Waals surface area contributed by atoms with Crippen LogP contribution < -0.4 is 9.80 Å². The summed E-state index contributed by atoms with van der Waals surface area (Å²) < 4.78 is 0. The molecule has 8 rings (SSSR count). The number of aryl methyl sites for hydroxylation is 6. The second-order valence-corrected chi connectivity index (χ2v) is 19.7. The van der Waals surface area contributed by atoms with E-state index in [1.807, 2.05) is 0 Å². The first-order chi connectivity index (χ1) is 32.6. The van der Waals surface area contributed by atoms with Crippen molar-refractivity contribution in [3.8, 4) is 11.1 Å². The standard InChI is InChI=1S/C34H32N2.C31H46/c1-25-5-13-29(14-6-25)35(30-15-7-26(2)8-16-30)33-21-23-34(24-22-33)36(31-17-9-27(3)10-18-31)32-19-11-28(4)12-20-32;1-5-7-9-11-13-15-21-31(22-16-14-12-10-8-6-2)29-23-25(3)17-19-27(29)28-20-18-26(4)24-30(28)31/h5-24H,1-4H3;17-20,23-24H,5-16,21-22H2,1-4H3. The molecule has 7 aromatic rings. The summed E-state index contributed by atoms with van der Waals surface area (Å²) in [7, 11) is 0. The van der Waals surface area contributed by atoms with E-state index in [-0.39, 0.29) is 5.41 Å². The molecule has 67 heavy (non-hydrogen) atoms. The van der Waals surface area contributed by atoms with Crippen molar-refractivity contribution in [3.05, 3.63) is 202 Å². The molecule has 0 N–H and O–H groups in total. The third-order valence-corrected chi connectivity index (χ3v) is 14.1. The predicted octanol–water partition coefficient (Wildman–Crippen LogP) is 19.9. The maximum Gasteiger partial charge on any atom is 0.0463 e. The number of fused-ring (bicyclic) bond motifs is 3. The van der Waals surface area contributed by atoms with Crippen LogP contribution in [0.15, 0.2) is 158 Å². The molecule has 0 spiro atoms. The van der Waals surface area contributed by atoms with Crippen molar-refractivity contribution in [2.24, 2.45) is 0 Å². The van der Waals surface area contributed by atoms with Crippen molar-refractivity contribution in [1.29, 1.82) is 0 Å². The van der Waals surface area contributed by atoms with Crippen molar-refractivity contribution in [2.45, 2.75) is 151 Å². The Balaban J connectivity index is 0.000000201. The van der Waals surface area contributed by atoms with Gasteiger partial charge in [-0.25, -0.2) is 0 Å². The fraction of sp³-hybridized carbons (Fsp3) is 0.354. The molecule has 1 aliphatic carbocycles. The number of anilines is 6. The highest BCUT2D eigenvalue weighted by atomic mass is 15.2. The maximum atomic E-state index is 2.53. The molecule has 7 aromatic carbocycles. The van der Waals surface area contributed by atoms with Crippen molar-refractivity contribution in [2.75, 3.05) is 9.80 Å². The minimum atomic E-state index is 0.234. The Kier molecular flexibility index (Phi) is 17.4. The van der Waals surface area contributed by atoms with Crippen LogP contribution in [0.2, 0.25) is 0 Å². The lowest BCUT2D eigenvalue weighted by Gasteiger charge is -2.33. The molecule has 0 aliphatic heterocycles. The minimum Gasteiger partial charge on any atom is -0.311 e. The van der Waals surface area contributed by atoms with E-state index in [4.69, 9.17) is 0 Å². The summed E-state index contributed by atoms with van der Waals surface area (Å²) >= 11 is 0. The summed E-state index contributed by atoms with van der Waals surface area (Å²) in [5.74, 6) is 0. The van der Waals surface area contributed by atoms with Crippen LogP contribution in [0, 0.1) is 41.5 Å². The molecule has 0 bridgehead atoms. The fourth-order valence-corrected chi connectivity index (χ4v) is 10.2. The maximum absolute atomic E-state index is 2.53. The van der Waals surface area contributed by atoms with E-state index in [1.54, 1.807) is 11.1 Å². The van der Waals surface area contributed by atoms with Crippen molar-refractivity contribution in [1.82, 2.24) is 0 Å². The van der Waals surface area contributed by atoms with E-state index in [9.17, 15) is 0 Å². The van der Waals surface area contributed by atoms with Gasteiger partial charge in [0.2, 0.25) is 0 Å². The first-order valence-electron chi connectivity index (χ1n) is 25.8. The molecular formula is C65H78N2. The molecule has 0 radical (unpaired) electrons. The molecular weight excluding hydrogens is 809 g/mol. The lowest BCUT2D eigenvalue weighted by Crippen LogP contribution is -2.25. The Morgan fingerprint density at radius 2 is 0.522 bits per heavy atom. The lowest BCUT2D eigenvalue weighted by molar-refractivity contribution is 0.397. The molecule has 0 atom stereocenters. The largest absolute Gasteiger partial charge is 0.311 e. The van der Waals surface area contributed by atoms with Crippen LogP contribution in [-0.2, 0) is 5.41 Å². The summed E-state index contributed by atoms with van der Waals surface area (Å²) in [6.45, 7) is 17.7. The predicted molar refractivity (Wildman–Crippen MR) is 293 cm³/mol. The van der Waals surface area contributed by atoms with Gasteiger partial charge in [0.1, 0.15) is 0 Å². The van der Waals surface area contributed by atoms with Crippen LogP contribution in [0.3, 0.4) is 0 Å².